The van der Waals surface area contributed by atoms with Crippen LogP contribution in [0.3, 0.4) is 0 Å². The first-order chi connectivity index (χ1) is 47.3. The number of hydrogen-bond donors (Lipinski definition) is 6. The average Bonchev–Trinajstić information content (AvgIpc) is 0.840. The summed E-state index contributed by atoms with van der Waals surface area (Å²) in [5, 5.41) is 55.0. The van der Waals surface area contributed by atoms with Crippen molar-refractivity contribution < 1.29 is 39.8 Å². The molecule has 1 heterocycles. The fraction of sp³-hybridized carbons (Fsp3) is 0.851. The zero-order valence-electron chi connectivity index (χ0n) is 63.4. The number of aliphatic hydroxyl groups is 5. The molecule has 6 N–H and O–H groups in total. The topological polar surface area (TPSA) is 149 Å². The minimum atomic E-state index is -1.57. The molecule has 1 rings (SSSR count). The highest BCUT2D eigenvalue weighted by Gasteiger charge is 2.44. The van der Waals surface area contributed by atoms with Crippen molar-refractivity contribution >= 4 is 5.91 Å². The Labute approximate surface area is 595 Å². The number of amides is 1. The maximum absolute atomic E-state index is 13.2. The van der Waals surface area contributed by atoms with Gasteiger partial charge in [0, 0.05) is 6.42 Å². The van der Waals surface area contributed by atoms with E-state index in [1.807, 2.05) is 6.08 Å². The summed E-state index contributed by atoms with van der Waals surface area (Å²) in [7, 11) is 0. The molecule has 96 heavy (non-hydrogen) atoms. The highest BCUT2D eigenvalue weighted by Crippen LogP contribution is 2.24. The van der Waals surface area contributed by atoms with Gasteiger partial charge >= 0.3 is 0 Å². The van der Waals surface area contributed by atoms with Crippen LogP contribution in [0.2, 0.25) is 0 Å². The van der Waals surface area contributed by atoms with Crippen molar-refractivity contribution in [2.45, 2.75) is 461 Å². The van der Waals surface area contributed by atoms with Gasteiger partial charge < -0.3 is 40.3 Å². The molecule has 1 aliphatic rings. The van der Waals surface area contributed by atoms with E-state index >= 15 is 0 Å². The molecular weight excluding hydrogens is 1190 g/mol. The zero-order valence-corrected chi connectivity index (χ0v) is 63.4. The van der Waals surface area contributed by atoms with Crippen molar-refractivity contribution in [3.05, 3.63) is 72.9 Å². The number of carbonyl (C=O) groups is 1. The van der Waals surface area contributed by atoms with E-state index in [0.717, 1.165) is 70.6 Å². The number of carbonyl (C=O) groups excluding carboxylic acids is 1. The van der Waals surface area contributed by atoms with Crippen LogP contribution >= 0.6 is 0 Å². The van der Waals surface area contributed by atoms with E-state index in [9.17, 15) is 30.3 Å². The van der Waals surface area contributed by atoms with Gasteiger partial charge in [-0.25, -0.2) is 0 Å². The fourth-order valence-corrected chi connectivity index (χ4v) is 13.5. The molecule has 9 nitrogen and oxygen atoms in total. The van der Waals surface area contributed by atoms with Crippen LogP contribution in [-0.2, 0) is 14.3 Å². The molecule has 0 aromatic carbocycles. The molecular formula is C87H161NO8. The predicted octanol–water partition coefficient (Wildman–Crippen LogP) is 24.6. The summed E-state index contributed by atoms with van der Waals surface area (Å²) in [6, 6.07) is -0.807. The Morgan fingerprint density at radius 2 is 0.646 bits per heavy atom. The molecule has 7 unspecified atom stereocenters. The number of unbranched alkanes of at least 4 members (excludes halogenated alkanes) is 55. The van der Waals surface area contributed by atoms with E-state index in [1.54, 1.807) is 6.08 Å². The Balaban J connectivity index is 2.04. The first-order valence-corrected chi connectivity index (χ1v) is 42.2. The van der Waals surface area contributed by atoms with E-state index in [2.05, 4.69) is 79.9 Å². The third-order valence-electron chi connectivity index (χ3n) is 20.0. The Bertz CT molecular complexity index is 1760. The first-order valence-electron chi connectivity index (χ1n) is 42.2. The van der Waals surface area contributed by atoms with Crippen molar-refractivity contribution in [3.63, 3.8) is 0 Å². The Kier molecular flexibility index (Phi) is 71.9. The number of rotatable bonds is 75. The smallest absolute Gasteiger partial charge is 0.220 e. The number of allylic oxidation sites excluding steroid dienone is 11. The van der Waals surface area contributed by atoms with Crippen LogP contribution in [0.4, 0.5) is 0 Å². The molecule has 0 spiro atoms. The molecule has 1 fully saturated rings. The lowest BCUT2D eigenvalue weighted by molar-refractivity contribution is -0.302. The maximum atomic E-state index is 13.2. The molecule has 9 heteroatoms. The molecule has 0 aliphatic carbocycles. The largest absolute Gasteiger partial charge is 0.394 e. The van der Waals surface area contributed by atoms with Gasteiger partial charge in [0.25, 0.3) is 0 Å². The molecule has 0 bridgehead atoms. The minimum absolute atomic E-state index is 0.168. The van der Waals surface area contributed by atoms with Gasteiger partial charge in [0.05, 0.1) is 25.4 Å². The minimum Gasteiger partial charge on any atom is -0.394 e. The fourth-order valence-electron chi connectivity index (χ4n) is 13.5. The molecule has 1 aliphatic heterocycles. The lowest BCUT2D eigenvalue weighted by atomic mass is 9.99. The lowest BCUT2D eigenvalue weighted by Gasteiger charge is -2.40. The standard InChI is InChI=1S/C87H161NO8/c1-3-5-7-9-11-13-15-17-19-21-23-25-27-29-31-33-35-37-38-39-40-41-42-43-44-45-47-49-51-53-55-57-59-61-63-65-67-69-71-73-75-77-83(91)88-80(79-95-87-86(94)85(93)84(92)82(78-89)96-87)81(90)76-74-72-70-68-66-64-62-60-58-56-54-52-50-48-46-36-34-32-30-28-26-24-22-20-18-16-14-12-10-8-6-4-2/h5,7,11,13,17,19,23,25,29,31,74,76,80-82,84-87,89-90,92-94H,3-4,6,8-10,12,14-16,18,20-22,24,26-28,30,32-73,75,77-79H2,1-2H3,(H,88,91)/b7-5-,13-11-,19-17-,25-23-,31-29-,76-74+. The van der Waals surface area contributed by atoms with Crippen molar-refractivity contribution in [3.8, 4) is 0 Å². The molecule has 1 amide bonds. The third-order valence-corrected chi connectivity index (χ3v) is 20.0. The monoisotopic (exact) mass is 1350 g/mol. The molecule has 0 aromatic rings. The van der Waals surface area contributed by atoms with Crippen LogP contribution < -0.4 is 5.32 Å². The van der Waals surface area contributed by atoms with Gasteiger partial charge in [-0.1, -0.05) is 421 Å². The number of nitrogens with one attached hydrogen (secondary N) is 1. The summed E-state index contributed by atoms with van der Waals surface area (Å²) < 4.78 is 11.4. The van der Waals surface area contributed by atoms with E-state index in [-0.39, 0.29) is 12.5 Å². The van der Waals surface area contributed by atoms with Crippen molar-refractivity contribution in [1.29, 1.82) is 0 Å². The molecule has 1 saturated heterocycles. The Morgan fingerprint density at radius 1 is 0.365 bits per heavy atom. The summed E-state index contributed by atoms with van der Waals surface area (Å²) in [5.41, 5.74) is 0. The number of ether oxygens (including phenoxy) is 2. The second-order valence-corrected chi connectivity index (χ2v) is 29.3. The second-order valence-electron chi connectivity index (χ2n) is 29.3. The molecule has 0 saturated carbocycles. The highest BCUT2D eigenvalue weighted by molar-refractivity contribution is 5.76. The lowest BCUT2D eigenvalue weighted by Crippen LogP contribution is -2.60. The normalized spacial score (nSPS) is 17.8. The quantitative estimate of drug-likeness (QED) is 0.0261. The van der Waals surface area contributed by atoms with Crippen LogP contribution in [0.15, 0.2) is 72.9 Å². The molecule has 562 valence electrons. The van der Waals surface area contributed by atoms with E-state index in [0.29, 0.717) is 6.42 Å². The predicted molar refractivity (Wildman–Crippen MR) is 415 cm³/mol. The number of hydrogen-bond acceptors (Lipinski definition) is 8. The molecule has 7 atom stereocenters. The van der Waals surface area contributed by atoms with Gasteiger partial charge in [0.2, 0.25) is 5.91 Å². The Hall–Kier alpha value is -2.37. The van der Waals surface area contributed by atoms with Crippen LogP contribution in [0, 0.1) is 0 Å². The van der Waals surface area contributed by atoms with Gasteiger partial charge in [-0.3, -0.25) is 4.79 Å². The third kappa shape index (κ3) is 62.6. The van der Waals surface area contributed by atoms with Crippen LogP contribution in [0.25, 0.3) is 0 Å². The van der Waals surface area contributed by atoms with Gasteiger partial charge in [-0.2, -0.15) is 0 Å². The van der Waals surface area contributed by atoms with Crippen molar-refractivity contribution in [2.75, 3.05) is 13.2 Å². The van der Waals surface area contributed by atoms with Crippen molar-refractivity contribution in [2.24, 2.45) is 0 Å². The second kappa shape index (κ2) is 75.3. The molecule has 0 radical (unpaired) electrons. The summed E-state index contributed by atoms with van der Waals surface area (Å²) in [4.78, 5) is 13.2. The molecule has 0 aromatic heterocycles. The van der Waals surface area contributed by atoms with Gasteiger partial charge in [0.15, 0.2) is 6.29 Å². The van der Waals surface area contributed by atoms with Gasteiger partial charge in [-0.15, -0.1) is 0 Å². The summed E-state index contributed by atoms with van der Waals surface area (Å²) >= 11 is 0. The van der Waals surface area contributed by atoms with Crippen LogP contribution in [-0.4, -0.2) is 87.5 Å². The van der Waals surface area contributed by atoms with E-state index in [4.69, 9.17) is 9.47 Å². The van der Waals surface area contributed by atoms with Crippen LogP contribution in [0.5, 0.6) is 0 Å². The van der Waals surface area contributed by atoms with Gasteiger partial charge in [0.1, 0.15) is 24.4 Å². The maximum Gasteiger partial charge on any atom is 0.220 e. The average molecular weight is 1350 g/mol. The van der Waals surface area contributed by atoms with Crippen molar-refractivity contribution in [1.82, 2.24) is 5.32 Å². The Morgan fingerprint density at radius 3 is 0.958 bits per heavy atom. The van der Waals surface area contributed by atoms with E-state index in [1.165, 1.54) is 327 Å². The van der Waals surface area contributed by atoms with E-state index < -0.39 is 49.5 Å². The van der Waals surface area contributed by atoms with Gasteiger partial charge in [-0.05, 0) is 64.2 Å². The summed E-state index contributed by atoms with van der Waals surface area (Å²) in [5.74, 6) is -0.168. The summed E-state index contributed by atoms with van der Waals surface area (Å²) in [6.45, 7) is 3.73. The summed E-state index contributed by atoms with van der Waals surface area (Å²) in [6.07, 6.45) is 101. The SMILES string of the molecule is CC/C=C\C/C=C\C/C=C\C/C=C\C/C=C\CCCCCCCCCCCCCCCCCCCCCCCCCCCC(=O)NC(COC1OC(CO)C(O)C(O)C1O)C(O)/C=C/CCCCCCCCCCCCCCCCCCCCCCCCCCCCCCCC. The number of aliphatic hydroxyl groups excluding tert-OH is 5. The highest BCUT2D eigenvalue weighted by atomic mass is 16.7. The first kappa shape index (κ1) is 91.6. The zero-order chi connectivity index (χ0) is 69.2. The van der Waals surface area contributed by atoms with Crippen LogP contribution in [0.1, 0.15) is 418 Å².